The Kier molecular flexibility index (Phi) is 3.32. The summed E-state index contributed by atoms with van der Waals surface area (Å²) < 4.78 is 17.9. The molecular weight excluding hydrogens is 221 g/mol. The molecule has 0 fully saturated rings. The van der Waals surface area contributed by atoms with Crippen LogP contribution in [-0.2, 0) is 16.0 Å². The molecule has 0 N–H and O–H groups in total. The van der Waals surface area contributed by atoms with Crippen molar-refractivity contribution >= 4 is 16.9 Å². The predicted octanol–water partition coefficient (Wildman–Crippen LogP) is 2.48. The molecule has 0 aliphatic heterocycles. The van der Waals surface area contributed by atoms with Gasteiger partial charge in [0.05, 0.1) is 12.6 Å². The predicted molar refractivity (Wildman–Crippen MR) is 62.0 cm³/mol. The third kappa shape index (κ3) is 2.58. The minimum Gasteiger partial charge on any atom is -0.469 e. The average molecular weight is 233 g/mol. The fourth-order valence-corrected chi connectivity index (χ4v) is 1.76. The van der Waals surface area contributed by atoms with Gasteiger partial charge >= 0.3 is 5.97 Å². The van der Waals surface area contributed by atoms with Gasteiger partial charge in [0.1, 0.15) is 5.82 Å². The maximum Gasteiger partial charge on any atom is 0.305 e. The van der Waals surface area contributed by atoms with E-state index in [1.54, 1.807) is 18.3 Å². The van der Waals surface area contributed by atoms with Gasteiger partial charge in [0.25, 0.3) is 0 Å². The van der Waals surface area contributed by atoms with Crippen LogP contribution < -0.4 is 0 Å². The Morgan fingerprint density at radius 2 is 2.29 bits per heavy atom. The lowest BCUT2D eigenvalue weighted by Gasteiger charge is -2.05. The molecule has 0 aliphatic carbocycles. The molecule has 3 nitrogen and oxygen atoms in total. The van der Waals surface area contributed by atoms with E-state index >= 15 is 0 Å². The van der Waals surface area contributed by atoms with Crippen LogP contribution in [0.1, 0.15) is 12.0 Å². The number of benzene rings is 1. The Morgan fingerprint density at radius 3 is 3.06 bits per heavy atom. The molecule has 2 aromatic rings. The van der Waals surface area contributed by atoms with Crippen molar-refractivity contribution in [3.63, 3.8) is 0 Å². The molecule has 0 atom stereocenters. The zero-order chi connectivity index (χ0) is 12.3. The van der Waals surface area contributed by atoms with Crippen LogP contribution in [0.25, 0.3) is 10.9 Å². The van der Waals surface area contributed by atoms with E-state index in [0.717, 1.165) is 16.5 Å². The quantitative estimate of drug-likeness (QED) is 0.764. The summed E-state index contributed by atoms with van der Waals surface area (Å²) in [5.41, 5.74) is 1.46. The van der Waals surface area contributed by atoms with Crippen LogP contribution >= 0.6 is 0 Å². The Hall–Kier alpha value is -1.97. The highest BCUT2D eigenvalue weighted by Gasteiger charge is 2.08. The highest BCUT2D eigenvalue weighted by atomic mass is 19.1. The van der Waals surface area contributed by atoms with Gasteiger partial charge in [-0.1, -0.05) is 6.07 Å². The van der Waals surface area contributed by atoms with E-state index in [1.807, 2.05) is 0 Å². The van der Waals surface area contributed by atoms with Crippen molar-refractivity contribution in [1.82, 2.24) is 4.98 Å². The molecule has 0 radical (unpaired) electrons. The van der Waals surface area contributed by atoms with Crippen LogP contribution in [-0.4, -0.2) is 18.1 Å². The normalized spacial score (nSPS) is 10.5. The maximum atomic E-state index is 13.4. The minimum absolute atomic E-state index is 0.228. The van der Waals surface area contributed by atoms with E-state index in [1.165, 1.54) is 19.2 Å². The van der Waals surface area contributed by atoms with E-state index in [0.29, 0.717) is 6.42 Å². The number of rotatable bonds is 3. The molecule has 0 aliphatic rings. The molecule has 2 rings (SSSR count). The van der Waals surface area contributed by atoms with Gasteiger partial charge in [-0.25, -0.2) is 4.39 Å². The first-order chi connectivity index (χ1) is 8.20. The molecule has 0 spiro atoms. The fraction of sp³-hybridized carbons (Fsp3) is 0.231. The van der Waals surface area contributed by atoms with Crippen LogP contribution in [0.15, 0.2) is 30.5 Å². The number of esters is 1. The molecule has 0 bridgehead atoms. The van der Waals surface area contributed by atoms with Crippen LogP contribution in [0.4, 0.5) is 4.39 Å². The molecule has 1 aromatic heterocycles. The number of carbonyl (C=O) groups is 1. The van der Waals surface area contributed by atoms with Crippen LogP contribution in [0.3, 0.4) is 0 Å². The molecule has 0 unspecified atom stereocenters. The summed E-state index contributed by atoms with van der Waals surface area (Å²) in [6, 6.07) is 6.40. The van der Waals surface area contributed by atoms with Crippen LogP contribution in [0.2, 0.25) is 0 Å². The highest BCUT2D eigenvalue weighted by Crippen LogP contribution is 2.19. The fourth-order valence-electron chi connectivity index (χ4n) is 1.76. The number of carbonyl (C=O) groups excluding carboxylic acids is 1. The number of nitrogens with zero attached hydrogens (tertiary/aromatic N) is 1. The summed E-state index contributed by atoms with van der Waals surface area (Å²) in [4.78, 5) is 15.3. The first kappa shape index (κ1) is 11.5. The lowest BCUT2D eigenvalue weighted by molar-refractivity contribution is -0.140. The monoisotopic (exact) mass is 233 g/mol. The summed E-state index contributed by atoms with van der Waals surface area (Å²) in [6.45, 7) is 0. The summed E-state index contributed by atoms with van der Waals surface area (Å²) >= 11 is 0. The second-order valence-electron chi connectivity index (χ2n) is 3.72. The summed E-state index contributed by atoms with van der Waals surface area (Å²) in [7, 11) is 1.34. The summed E-state index contributed by atoms with van der Waals surface area (Å²) in [5, 5.41) is 0.743. The molecular formula is C13H12FNO2. The lowest BCUT2D eigenvalue weighted by atomic mass is 10.1. The number of hydrogen-bond donors (Lipinski definition) is 0. The van der Waals surface area contributed by atoms with Gasteiger partial charge in [-0.2, -0.15) is 0 Å². The second-order valence-corrected chi connectivity index (χ2v) is 3.72. The third-order valence-corrected chi connectivity index (χ3v) is 2.57. The molecule has 0 saturated heterocycles. The van der Waals surface area contributed by atoms with Crippen LogP contribution in [0.5, 0.6) is 0 Å². The Morgan fingerprint density at radius 1 is 1.47 bits per heavy atom. The van der Waals surface area contributed by atoms with E-state index in [4.69, 9.17) is 0 Å². The molecule has 4 heteroatoms. The van der Waals surface area contributed by atoms with E-state index in [2.05, 4.69) is 9.72 Å². The first-order valence-corrected chi connectivity index (χ1v) is 5.30. The standard InChI is InChI=1S/C13H12FNO2/c1-17-12(16)5-4-10-8-11(14)7-9-3-2-6-15-13(9)10/h2-3,6-8H,4-5H2,1H3. The molecule has 88 valence electrons. The van der Waals surface area contributed by atoms with Gasteiger partial charge in [0.15, 0.2) is 0 Å². The van der Waals surface area contributed by atoms with Gasteiger partial charge in [-0.05, 0) is 30.2 Å². The number of aromatic nitrogens is 1. The van der Waals surface area contributed by atoms with Gasteiger partial charge in [0, 0.05) is 18.0 Å². The molecule has 0 amide bonds. The smallest absolute Gasteiger partial charge is 0.305 e. The van der Waals surface area contributed by atoms with Crippen molar-refractivity contribution in [2.24, 2.45) is 0 Å². The van der Waals surface area contributed by atoms with E-state index < -0.39 is 0 Å². The highest BCUT2D eigenvalue weighted by molar-refractivity contribution is 5.82. The van der Waals surface area contributed by atoms with Gasteiger partial charge in [0.2, 0.25) is 0 Å². The second kappa shape index (κ2) is 4.91. The van der Waals surface area contributed by atoms with Crippen molar-refractivity contribution in [3.05, 3.63) is 41.8 Å². The third-order valence-electron chi connectivity index (χ3n) is 2.57. The molecule has 17 heavy (non-hydrogen) atoms. The maximum absolute atomic E-state index is 13.4. The number of hydrogen-bond acceptors (Lipinski definition) is 3. The topological polar surface area (TPSA) is 39.2 Å². The SMILES string of the molecule is COC(=O)CCc1cc(F)cc2cccnc12. The lowest BCUT2D eigenvalue weighted by Crippen LogP contribution is -2.03. The Labute approximate surface area is 98.2 Å². The number of ether oxygens (including phenoxy) is 1. The molecule has 1 aromatic carbocycles. The zero-order valence-electron chi connectivity index (χ0n) is 9.44. The van der Waals surface area contributed by atoms with Gasteiger partial charge in [-0.15, -0.1) is 0 Å². The Bertz CT molecular complexity index is 554. The van der Waals surface area contributed by atoms with E-state index in [9.17, 15) is 9.18 Å². The molecule has 0 saturated carbocycles. The van der Waals surface area contributed by atoms with Crippen molar-refractivity contribution in [2.45, 2.75) is 12.8 Å². The number of halogens is 1. The summed E-state index contributed by atoms with van der Waals surface area (Å²) in [5.74, 6) is -0.622. The van der Waals surface area contributed by atoms with Crippen molar-refractivity contribution in [3.8, 4) is 0 Å². The van der Waals surface area contributed by atoms with Gasteiger partial charge < -0.3 is 4.74 Å². The average Bonchev–Trinajstić information content (AvgIpc) is 2.35. The first-order valence-electron chi connectivity index (χ1n) is 5.30. The van der Waals surface area contributed by atoms with Gasteiger partial charge in [-0.3, -0.25) is 9.78 Å². The number of pyridine rings is 1. The zero-order valence-corrected chi connectivity index (χ0v) is 9.44. The van der Waals surface area contributed by atoms with Crippen molar-refractivity contribution in [2.75, 3.05) is 7.11 Å². The number of fused-ring (bicyclic) bond motifs is 1. The van der Waals surface area contributed by atoms with Crippen LogP contribution in [0, 0.1) is 5.82 Å². The number of aryl methyl sites for hydroxylation is 1. The minimum atomic E-state index is -0.314. The number of methoxy groups -OCH3 is 1. The summed E-state index contributed by atoms with van der Waals surface area (Å²) in [6.07, 6.45) is 2.31. The largest absolute Gasteiger partial charge is 0.469 e. The van der Waals surface area contributed by atoms with Crippen molar-refractivity contribution < 1.29 is 13.9 Å². The van der Waals surface area contributed by atoms with E-state index in [-0.39, 0.29) is 18.2 Å². The molecule has 1 heterocycles. The Balaban J connectivity index is 2.35. The van der Waals surface area contributed by atoms with Crippen molar-refractivity contribution in [1.29, 1.82) is 0 Å².